The van der Waals surface area contributed by atoms with Crippen LogP contribution < -0.4 is 0 Å². The minimum Gasteiger partial charge on any atom is -0.390 e. The van der Waals surface area contributed by atoms with Crippen LogP contribution in [0.25, 0.3) is 0 Å². The number of aliphatic hydroxyl groups is 1. The second-order valence-corrected chi connectivity index (χ2v) is 5.95. The lowest BCUT2D eigenvalue weighted by Gasteiger charge is -2.37. The minimum absolute atomic E-state index is 0.271. The molecule has 0 aliphatic heterocycles. The Morgan fingerprint density at radius 2 is 1.71 bits per heavy atom. The Morgan fingerprint density at radius 1 is 1.14 bits per heavy atom. The lowest BCUT2D eigenvalue weighted by atomic mass is 9.73. The Labute approximate surface area is 87.9 Å². The average Bonchev–Trinajstić information content (AvgIpc) is 2.88. The largest absolute Gasteiger partial charge is 0.390 e. The third-order valence-corrected chi connectivity index (χ3v) is 4.27. The first-order chi connectivity index (χ1) is 6.59. The fraction of sp³-hybridized carbons (Fsp3) is 1.00. The highest BCUT2D eigenvalue weighted by molar-refractivity contribution is 4.91. The van der Waals surface area contributed by atoms with Gasteiger partial charge in [0.1, 0.15) is 0 Å². The van der Waals surface area contributed by atoms with Gasteiger partial charge in [0.05, 0.1) is 5.60 Å². The summed E-state index contributed by atoms with van der Waals surface area (Å²) in [6, 6.07) is 0. The van der Waals surface area contributed by atoms with Crippen LogP contribution in [0.5, 0.6) is 0 Å². The van der Waals surface area contributed by atoms with Crippen molar-refractivity contribution in [1.82, 2.24) is 0 Å². The van der Waals surface area contributed by atoms with E-state index in [1.165, 1.54) is 25.7 Å². The van der Waals surface area contributed by atoms with E-state index in [-0.39, 0.29) is 5.60 Å². The van der Waals surface area contributed by atoms with E-state index in [2.05, 4.69) is 13.8 Å². The lowest BCUT2D eigenvalue weighted by Crippen LogP contribution is -2.35. The zero-order valence-corrected chi connectivity index (χ0v) is 9.63. The van der Waals surface area contributed by atoms with Crippen molar-refractivity contribution in [2.75, 3.05) is 0 Å². The maximum atomic E-state index is 10.4. The Morgan fingerprint density at radius 3 is 2.14 bits per heavy atom. The quantitative estimate of drug-likeness (QED) is 0.734. The van der Waals surface area contributed by atoms with Crippen LogP contribution in [-0.2, 0) is 0 Å². The van der Waals surface area contributed by atoms with Gasteiger partial charge in [-0.1, -0.05) is 26.7 Å². The molecule has 2 saturated carbocycles. The summed E-state index contributed by atoms with van der Waals surface area (Å²) < 4.78 is 0. The highest BCUT2D eigenvalue weighted by atomic mass is 16.3. The van der Waals surface area contributed by atoms with Gasteiger partial charge in [0.15, 0.2) is 0 Å². The van der Waals surface area contributed by atoms with Crippen LogP contribution in [0.4, 0.5) is 0 Å². The topological polar surface area (TPSA) is 20.2 Å². The average molecular weight is 196 g/mol. The van der Waals surface area contributed by atoms with E-state index in [0.717, 1.165) is 37.0 Å². The third-order valence-electron chi connectivity index (χ3n) is 4.27. The highest BCUT2D eigenvalue weighted by Crippen LogP contribution is 2.44. The Kier molecular flexibility index (Phi) is 2.88. The zero-order chi connectivity index (χ0) is 10.2. The fourth-order valence-corrected chi connectivity index (χ4v) is 2.91. The van der Waals surface area contributed by atoms with Crippen LogP contribution in [0, 0.1) is 17.8 Å². The Bertz CT molecular complexity index is 185. The fourth-order valence-electron chi connectivity index (χ4n) is 2.91. The molecular formula is C13H24O. The number of rotatable bonds is 3. The van der Waals surface area contributed by atoms with Crippen molar-refractivity contribution in [2.45, 2.75) is 64.4 Å². The predicted octanol–water partition coefficient (Wildman–Crippen LogP) is 3.36. The lowest BCUT2D eigenvalue weighted by molar-refractivity contribution is -0.0262. The maximum absolute atomic E-state index is 10.4. The van der Waals surface area contributed by atoms with E-state index >= 15 is 0 Å². The van der Waals surface area contributed by atoms with Crippen molar-refractivity contribution in [3.63, 3.8) is 0 Å². The van der Waals surface area contributed by atoms with Crippen LogP contribution in [0.2, 0.25) is 0 Å². The molecule has 0 bridgehead atoms. The van der Waals surface area contributed by atoms with Crippen molar-refractivity contribution in [2.24, 2.45) is 17.8 Å². The summed E-state index contributed by atoms with van der Waals surface area (Å²) in [4.78, 5) is 0. The molecule has 0 heterocycles. The van der Waals surface area contributed by atoms with Crippen molar-refractivity contribution in [3.05, 3.63) is 0 Å². The molecule has 0 saturated heterocycles. The molecule has 1 N–H and O–H groups in total. The van der Waals surface area contributed by atoms with Gasteiger partial charge in [0.25, 0.3) is 0 Å². The van der Waals surface area contributed by atoms with Crippen molar-refractivity contribution < 1.29 is 5.11 Å². The van der Waals surface area contributed by atoms with Crippen LogP contribution >= 0.6 is 0 Å². The first kappa shape index (κ1) is 10.5. The van der Waals surface area contributed by atoms with E-state index in [1.807, 2.05) is 0 Å². The standard InChI is InChI=1S/C13H24O/c1-10(2)12-5-7-13(14,8-6-12)9-11-3-4-11/h10-12,14H,3-9H2,1-2H3. The molecule has 2 rings (SSSR count). The summed E-state index contributed by atoms with van der Waals surface area (Å²) in [5, 5.41) is 10.4. The summed E-state index contributed by atoms with van der Waals surface area (Å²) in [5.74, 6) is 2.55. The summed E-state index contributed by atoms with van der Waals surface area (Å²) in [5.41, 5.74) is -0.271. The molecule has 1 nitrogen and oxygen atoms in total. The maximum Gasteiger partial charge on any atom is 0.0650 e. The second-order valence-electron chi connectivity index (χ2n) is 5.95. The van der Waals surface area contributed by atoms with Gasteiger partial charge in [-0.05, 0) is 49.9 Å². The van der Waals surface area contributed by atoms with Gasteiger partial charge in [-0.25, -0.2) is 0 Å². The van der Waals surface area contributed by atoms with Crippen LogP contribution in [0.3, 0.4) is 0 Å². The zero-order valence-electron chi connectivity index (χ0n) is 9.63. The first-order valence-electron chi connectivity index (χ1n) is 6.31. The molecule has 82 valence electrons. The van der Waals surface area contributed by atoms with E-state index in [4.69, 9.17) is 0 Å². The van der Waals surface area contributed by atoms with Crippen LogP contribution in [-0.4, -0.2) is 10.7 Å². The van der Waals surface area contributed by atoms with E-state index in [1.54, 1.807) is 0 Å². The van der Waals surface area contributed by atoms with Gasteiger partial charge in [-0.3, -0.25) is 0 Å². The Balaban J connectivity index is 1.81. The highest BCUT2D eigenvalue weighted by Gasteiger charge is 2.38. The van der Waals surface area contributed by atoms with Gasteiger partial charge < -0.3 is 5.11 Å². The SMILES string of the molecule is CC(C)C1CCC(O)(CC2CC2)CC1. The van der Waals surface area contributed by atoms with E-state index in [0.29, 0.717) is 0 Å². The van der Waals surface area contributed by atoms with Gasteiger partial charge in [0.2, 0.25) is 0 Å². The van der Waals surface area contributed by atoms with Crippen LogP contribution in [0.1, 0.15) is 58.8 Å². The number of hydrogen-bond acceptors (Lipinski definition) is 1. The molecule has 0 aromatic heterocycles. The van der Waals surface area contributed by atoms with Crippen LogP contribution in [0.15, 0.2) is 0 Å². The van der Waals surface area contributed by atoms with Gasteiger partial charge in [0, 0.05) is 0 Å². The Hall–Kier alpha value is -0.0400. The molecule has 0 radical (unpaired) electrons. The smallest absolute Gasteiger partial charge is 0.0650 e. The molecular weight excluding hydrogens is 172 g/mol. The molecule has 0 unspecified atom stereocenters. The van der Waals surface area contributed by atoms with Gasteiger partial charge >= 0.3 is 0 Å². The van der Waals surface area contributed by atoms with Crippen molar-refractivity contribution >= 4 is 0 Å². The number of hydrogen-bond donors (Lipinski definition) is 1. The summed E-state index contributed by atoms with van der Waals surface area (Å²) in [7, 11) is 0. The monoisotopic (exact) mass is 196 g/mol. The summed E-state index contributed by atoms with van der Waals surface area (Å²) >= 11 is 0. The first-order valence-corrected chi connectivity index (χ1v) is 6.31. The predicted molar refractivity (Wildman–Crippen MR) is 59.1 cm³/mol. The van der Waals surface area contributed by atoms with Gasteiger partial charge in [-0.15, -0.1) is 0 Å². The summed E-state index contributed by atoms with van der Waals surface area (Å²) in [6.45, 7) is 4.63. The van der Waals surface area contributed by atoms with E-state index in [9.17, 15) is 5.11 Å². The normalized spacial score (nSPS) is 39.0. The molecule has 2 fully saturated rings. The van der Waals surface area contributed by atoms with Crippen molar-refractivity contribution in [3.8, 4) is 0 Å². The van der Waals surface area contributed by atoms with Gasteiger partial charge in [-0.2, -0.15) is 0 Å². The third kappa shape index (κ3) is 2.50. The molecule has 0 amide bonds. The molecule has 0 aromatic rings. The van der Waals surface area contributed by atoms with Crippen molar-refractivity contribution in [1.29, 1.82) is 0 Å². The molecule has 14 heavy (non-hydrogen) atoms. The molecule has 0 aromatic carbocycles. The molecule has 2 aliphatic carbocycles. The molecule has 1 heteroatoms. The summed E-state index contributed by atoms with van der Waals surface area (Å²) in [6.07, 6.45) is 8.46. The van der Waals surface area contributed by atoms with E-state index < -0.39 is 0 Å². The molecule has 0 spiro atoms. The molecule has 2 aliphatic rings. The molecule has 0 atom stereocenters. The second kappa shape index (κ2) is 3.84. The minimum atomic E-state index is -0.271.